The topological polar surface area (TPSA) is 31.7 Å². The molecule has 0 atom stereocenters. The Labute approximate surface area is 188 Å². The fraction of sp³-hybridized carbons (Fsp3) is 0.400. The minimum absolute atomic E-state index is 0.178. The molecular formula is C25H29ClN4O. The zero-order chi connectivity index (χ0) is 21.2. The first kappa shape index (κ1) is 20.4. The van der Waals surface area contributed by atoms with Crippen molar-refractivity contribution in [3.05, 3.63) is 65.3 Å². The third-order valence-corrected chi connectivity index (χ3v) is 6.84. The number of carbonyl (C=O) groups is 1. The first-order valence-electron chi connectivity index (χ1n) is 11.3. The number of para-hydroxylation sites is 1. The van der Waals surface area contributed by atoms with Crippen LogP contribution in [0.3, 0.4) is 0 Å². The van der Waals surface area contributed by atoms with Crippen LogP contribution < -0.4 is 4.90 Å². The van der Waals surface area contributed by atoms with Gasteiger partial charge in [0.25, 0.3) is 5.91 Å². The van der Waals surface area contributed by atoms with Gasteiger partial charge in [0, 0.05) is 67.4 Å². The van der Waals surface area contributed by atoms with Gasteiger partial charge in [-0.05, 0) is 49.7 Å². The molecule has 5 nitrogen and oxygen atoms in total. The van der Waals surface area contributed by atoms with Gasteiger partial charge in [0.05, 0.1) is 0 Å². The second-order valence-corrected chi connectivity index (χ2v) is 8.98. The fourth-order valence-corrected chi connectivity index (χ4v) is 5.05. The maximum Gasteiger partial charge on any atom is 0.270 e. The molecule has 6 heteroatoms. The summed E-state index contributed by atoms with van der Waals surface area (Å²) in [5.74, 6) is 0.178. The van der Waals surface area contributed by atoms with Gasteiger partial charge >= 0.3 is 0 Å². The number of rotatable bonds is 6. The van der Waals surface area contributed by atoms with E-state index in [-0.39, 0.29) is 5.91 Å². The van der Waals surface area contributed by atoms with Gasteiger partial charge in [-0.3, -0.25) is 9.69 Å². The van der Waals surface area contributed by atoms with Crippen molar-refractivity contribution in [2.45, 2.75) is 19.4 Å². The zero-order valence-electron chi connectivity index (χ0n) is 17.8. The van der Waals surface area contributed by atoms with E-state index in [0.717, 1.165) is 81.3 Å². The molecule has 0 unspecified atom stereocenters. The lowest BCUT2D eigenvalue weighted by Crippen LogP contribution is -2.46. The van der Waals surface area contributed by atoms with Crippen molar-refractivity contribution in [3.8, 4) is 0 Å². The molecule has 0 N–H and O–H groups in total. The van der Waals surface area contributed by atoms with E-state index >= 15 is 0 Å². The van der Waals surface area contributed by atoms with Gasteiger partial charge in [-0.25, -0.2) is 0 Å². The van der Waals surface area contributed by atoms with E-state index < -0.39 is 0 Å². The normalized spacial score (nSPS) is 17.4. The largest absolute Gasteiger partial charge is 0.369 e. The van der Waals surface area contributed by atoms with Gasteiger partial charge in [-0.2, -0.15) is 0 Å². The van der Waals surface area contributed by atoms with Gasteiger partial charge in [-0.1, -0.05) is 35.9 Å². The molecule has 162 valence electrons. The van der Waals surface area contributed by atoms with E-state index in [9.17, 15) is 4.79 Å². The molecule has 2 aliphatic heterocycles. The molecule has 1 fully saturated rings. The molecule has 3 heterocycles. The standard InChI is InChI=1S/C25H29ClN4O/c26-21-7-5-8-22(19-21)28-14-12-27(13-15-28)10-3-4-11-29-16-17-30-23-9-2-1-6-20(23)18-24(30)25(29)31/h1-2,5-9,18-19H,3-4,10-17H2. The number of unbranched alkanes of at least 4 members (excludes halogenated alkanes) is 1. The van der Waals surface area contributed by atoms with Crippen molar-refractivity contribution >= 4 is 34.1 Å². The number of aromatic nitrogens is 1. The Morgan fingerprint density at radius 3 is 2.45 bits per heavy atom. The van der Waals surface area contributed by atoms with E-state index in [1.807, 2.05) is 41.3 Å². The highest BCUT2D eigenvalue weighted by molar-refractivity contribution is 6.30. The Hall–Kier alpha value is -2.50. The molecule has 2 aliphatic rings. The van der Waals surface area contributed by atoms with Gasteiger partial charge in [0.1, 0.15) is 5.69 Å². The summed E-state index contributed by atoms with van der Waals surface area (Å²) in [5.41, 5.74) is 3.22. The van der Waals surface area contributed by atoms with Crippen LogP contribution in [0, 0.1) is 0 Å². The van der Waals surface area contributed by atoms with Gasteiger partial charge < -0.3 is 14.4 Å². The smallest absolute Gasteiger partial charge is 0.270 e. The van der Waals surface area contributed by atoms with E-state index in [1.165, 1.54) is 11.2 Å². The fourth-order valence-electron chi connectivity index (χ4n) is 4.87. The molecule has 0 aliphatic carbocycles. The SMILES string of the molecule is O=C1c2cc3ccccc3n2CCN1CCCCN1CCN(c2cccc(Cl)c2)CC1. The van der Waals surface area contributed by atoms with Crippen molar-refractivity contribution in [3.63, 3.8) is 0 Å². The third-order valence-electron chi connectivity index (χ3n) is 6.61. The van der Waals surface area contributed by atoms with Crippen molar-refractivity contribution in [1.82, 2.24) is 14.4 Å². The molecule has 5 rings (SSSR count). The number of hydrogen-bond acceptors (Lipinski definition) is 3. The monoisotopic (exact) mass is 436 g/mol. The average Bonchev–Trinajstić information content (AvgIpc) is 3.18. The lowest BCUT2D eigenvalue weighted by atomic mass is 10.2. The van der Waals surface area contributed by atoms with E-state index in [0.29, 0.717) is 0 Å². The molecule has 31 heavy (non-hydrogen) atoms. The second kappa shape index (κ2) is 8.93. The van der Waals surface area contributed by atoms with E-state index in [2.05, 4.69) is 32.6 Å². The molecule has 0 saturated carbocycles. The number of piperazine rings is 1. The van der Waals surface area contributed by atoms with Crippen molar-refractivity contribution in [2.75, 3.05) is 50.7 Å². The van der Waals surface area contributed by atoms with Crippen molar-refractivity contribution in [1.29, 1.82) is 0 Å². The Bertz CT molecular complexity index is 1070. The average molecular weight is 437 g/mol. The third kappa shape index (κ3) is 4.30. The summed E-state index contributed by atoms with van der Waals surface area (Å²) >= 11 is 6.13. The van der Waals surface area contributed by atoms with Crippen molar-refractivity contribution in [2.24, 2.45) is 0 Å². The number of nitrogens with zero attached hydrogens (tertiary/aromatic N) is 4. The molecule has 1 saturated heterocycles. The van der Waals surface area contributed by atoms with Crippen LogP contribution in [-0.4, -0.2) is 66.1 Å². The van der Waals surface area contributed by atoms with Crippen LogP contribution >= 0.6 is 11.6 Å². The first-order valence-corrected chi connectivity index (χ1v) is 11.7. The number of anilines is 1. The van der Waals surface area contributed by atoms with Crippen LogP contribution in [0.2, 0.25) is 5.02 Å². The second-order valence-electron chi connectivity index (χ2n) is 8.55. The Balaban J connectivity index is 1.07. The summed E-state index contributed by atoms with van der Waals surface area (Å²) in [7, 11) is 0. The molecule has 3 aromatic rings. The summed E-state index contributed by atoms with van der Waals surface area (Å²) in [5, 5.41) is 1.96. The summed E-state index contributed by atoms with van der Waals surface area (Å²) in [6.07, 6.45) is 2.18. The summed E-state index contributed by atoms with van der Waals surface area (Å²) in [4.78, 5) is 19.9. The molecule has 0 spiro atoms. The van der Waals surface area contributed by atoms with Crippen LogP contribution in [0.4, 0.5) is 5.69 Å². The number of hydrogen-bond donors (Lipinski definition) is 0. The van der Waals surface area contributed by atoms with Crippen LogP contribution in [-0.2, 0) is 6.54 Å². The summed E-state index contributed by atoms with van der Waals surface area (Å²) in [6.45, 7) is 7.88. The van der Waals surface area contributed by atoms with E-state index in [4.69, 9.17) is 11.6 Å². The van der Waals surface area contributed by atoms with Crippen LogP contribution in [0.15, 0.2) is 54.6 Å². The highest BCUT2D eigenvalue weighted by atomic mass is 35.5. The molecule has 2 aromatic carbocycles. The van der Waals surface area contributed by atoms with Crippen LogP contribution in [0.25, 0.3) is 10.9 Å². The maximum absolute atomic E-state index is 13.0. The van der Waals surface area contributed by atoms with Gasteiger partial charge in [-0.15, -0.1) is 0 Å². The molecule has 0 radical (unpaired) electrons. The Morgan fingerprint density at radius 2 is 1.61 bits per heavy atom. The quantitative estimate of drug-likeness (QED) is 0.538. The van der Waals surface area contributed by atoms with Gasteiger partial charge in [0.2, 0.25) is 0 Å². The summed E-state index contributed by atoms with van der Waals surface area (Å²) in [6, 6.07) is 18.4. The molecule has 0 bridgehead atoms. The molecule has 1 amide bonds. The Morgan fingerprint density at radius 1 is 0.806 bits per heavy atom. The Kier molecular flexibility index (Phi) is 5.88. The number of benzene rings is 2. The number of halogens is 1. The first-order chi connectivity index (χ1) is 15.2. The van der Waals surface area contributed by atoms with Gasteiger partial charge in [0.15, 0.2) is 0 Å². The molecule has 1 aromatic heterocycles. The predicted molar refractivity (Wildman–Crippen MR) is 127 cm³/mol. The maximum atomic E-state index is 13.0. The minimum Gasteiger partial charge on any atom is -0.369 e. The number of amides is 1. The highest BCUT2D eigenvalue weighted by Crippen LogP contribution is 2.24. The van der Waals surface area contributed by atoms with Crippen molar-refractivity contribution < 1.29 is 4.79 Å². The van der Waals surface area contributed by atoms with E-state index in [1.54, 1.807) is 0 Å². The predicted octanol–water partition coefficient (Wildman–Crippen LogP) is 4.35. The molecular weight excluding hydrogens is 408 g/mol. The zero-order valence-corrected chi connectivity index (χ0v) is 18.6. The number of fused-ring (bicyclic) bond motifs is 3. The van der Waals surface area contributed by atoms with Crippen LogP contribution in [0.5, 0.6) is 0 Å². The summed E-state index contributed by atoms with van der Waals surface area (Å²) < 4.78 is 2.17. The highest BCUT2D eigenvalue weighted by Gasteiger charge is 2.26. The minimum atomic E-state index is 0.178. The lowest BCUT2D eigenvalue weighted by Gasteiger charge is -2.36. The number of carbonyl (C=O) groups excluding carboxylic acids is 1. The van der Waals surface area contributed by atoms with Crippen LogP contribution in [0.1, 0.15) is 23.3 Å². The lowest BCUT2D eigenvalue weighted by molar-refractivity contribution is 0.0702.